The molecule has 1 amide bonds. The van der Waals surface area contributed by atoms with Crippen LogP contribution in [0.1, 0.15) is 29.6 Å². The molecule has 0 aliphatic carbocycles. The maximum Gasteiger partial charge on any atom is 0.286 e. The van der Waals surface area contributed by atoms with Crippen LogP contribution in [0.5, 0.6) is 11.5 Å². The van der Waals surface area contributed by atoms with Gasteiger partial charge < -0.3 is 24.8 Å². The Bertz CT molecular complexity index is 644. The van der Waals surface area contributed by atoms with E-state index in [9.17, 15) is 14.9 Å². The van der Waals surface area contributed by atoms with Gasteiger partial charge in [0.15, 0.2) is 11.5 Å². The molecule has 1 fully saturated rings. The third-order valence-corrected chi connectivity index (χ3v) is 4.36. The Labute approximate surface area is 152 Å². The van der Waals surface area contributed by atoms with Gasteiger partial charge in [-0.1, -0.05) is 0 Å². The minimum atomic E-state index is -0.585. The van der Waals surface area contributed by atoms with E-state index in [4.69, 9.17) is 19.9 Å². The van der Waals surface area contributed by atoms with Crippen LogP contribution in [0.15, 0.2) is 12.1 Å². The summed E-state index contributed by atoms with van der Waals surface area (Å²) in [6, 6.07) is 2.58. The predicted octanol–water partition coefficient (Wildman–Crippen LogP) is 1.58. The van der Waals surface area contributed by atoms with Crippen molar-refractivity contribution >= 4 is 11.6 Å². The van der Waals surface area contributed by atoms with Gasteiger partial charge >= 0.3 is 0 Å². The molecule has 0 spiro atoms. The summed E-state index contributed by atoms with van der Waals surface area (Å²) >= 11 is 0. The van der Waals surface area contributed by atoms with Gasteiger partial charge in [0, 0.05) is 25.8 Å². The fourth-order valence-corrected chi connectivity index (χ4v) is 2.92. The van der Waals surface area contributed by atoms with Crippen LogP contribution in [0.4, 0.5) is 5.69 Å². The molecule has 1 heterocycles. The molecule has 1 aromatic rings. The fraction of sp³-hybridized carbons (Fsp3) is 0.588. The second-order valence-electron chi connectivity index (χ2n) is 5.99. The lowest BCUT2D eigenvalue weighted by Crippen LogP contribution is -2.41. The number of amides is 1. The largest absolute Gasteiger partial charge is 0.493 e. The number of benzene rings is 1. The number of rotatable bonds is 8. The molecule has 2 N–H and O–H groups in total. The third-order valence-electron chi connectivity index (χ3n) is 4.36. The Morgan fingerprint density at radius 2 is 1.88 bits per heavy atom. The smallest absolute Gasteiger partial charge is 0.286 e. The highest BCUT2D eigenvalue weighted by Crippen LogP contribution is 2.35. The Morgan fingerprint density at radius 3 is 2.42 bits per heavy atom. The van der Waals surface area contributed by atoms with Gasteiger partial charge in [-0.15, -0.1) is 0 Å². The zero-order valence-electron chi connectivity index (χ0n) is 15.1. The van der Waals surface area contributed by atoms with E-state index in [1.54, 1.807) is 4.90 Å². The minimum absolute atomic E-state index is 0.00449. The van der Waals surface area contributed by atoms with Crippen LogP contribution < -0.4 is 15.2 Å². The molecule has 1 aliphatic heterocycles. The molecule has 2 rings (SSSR count). The molecule has 0 atom stereocenters. The van der Waals surface area contributed by atoms with Crippen molar-refractivity contribution in [1.29, 1.82) is 0 Å². The maximum absolute atomic E-state index is 12.8. The lowest BCUT2D eigenvalue weighted by atomic mass is 10.0. The molecule has 26 heavy (non-hydrogen) atoms. The number of nitro groups is 1. The first-order valence-corrected chi connectivity index (χ1v) is 8.53. The van der Waals surface area contributed by atoms with E-state index in [-0.39, 0.29) is 28.9 Å². The Kier molecular flexibility index (Phi) is 7.16. The number of hydrogen-bond donors (Lipinski definition) is 1. The van der Waals surface area contributed by atoms with Crippen molar-refractivity contribution in [3.8, 4) is 11.5 Å². The summed E-state index contributed by atoms with van der Waals surface area (Å²) in [6.45, 7) is 2.16. The van der Waals surface area contributed by atoms with Crippen LogP contribution in [0.25, 0.3) is 0 Å². The third kappa shape index (κ3) is 4.61. The lowest BCUT2D eigenvalue weighted by Gasteiger charge is -2.32. The minimum Gasteiger partial charge on any atom is -0.493 e. The Hall–Kier alpha value is -2.39. The van der Waals surface area contributed by atoms with Crippen LogP contribution in [-0.4, -0.2) is 62.3 Å². The van der Waals surface area contributed by atoms with E-state index < -0.39 is 10.8 Å². The highest BCUT2D eigenvalue weighted by atomic mass is 16.6. The van der Waals surface area contributed by atoms with Gasteiger partial charge in [-0.05, 0) is 25.8 Å². The van der Waals surface area contributed by atoms with Gasteiger partial charge in [-0.3, -0.25) is 14.9 Å². The Balaban J connectivity index is 2.13. The number of ether oxygens (including phenoxy) is 3. The first kappa shape index (κ1) is 19.9. The van der Waals surface area contributed by atoms with Gasteiger partial charge in [-0.25, -0.2) is 0 Å². The summed E-state index contributed by atoms with van der Waals surface area (Å²) in [7, 11) is 2.81. The number of hydrogen-bond acceptors (Lipinski definition) is 7. The zero-order valence-corrected chi connectivity index (χ0v) is 15.1. The normalized spacial score (nSPS) is 15.0. The van der Waals surface area contributed by atoms with Crippen molar-refractivity contribution in [3.63, 3.8) is 0 Å². The average molecular weight is 367 g/mol. The van der Waals surface area contributed by atoms with E-state index in [1.165, 1.54) is 26.4 Å². The number of nitrogens with zero attached hydrogens (tertiary/aromatic N) is 2. The van der Waals surface area contributed by atoms with Crippen molar-refractivity contribution < 1.29 is 23.9 Å². The van der Waals surface area contributed by atoms with E-state index in [2.05, 4.69) is 0 Å². The summed E-state index contributed by atoms with van der Waals surface area (Å²) in [4.78, 5) is 25.2. The quantitative estimate of drug-likeness (QED) is 0.421. The molecule has 0 saturated carbocycles. The molecule has 9 heteroatoms. The summed E-state index contributed by atoms with van der Waals surface area (Å²) < 4.78 is 16.0. The molecule has 0 bridgehead atoms. The van der Waals surface area contributed by atoms with E-state index in [0.29, 0.717) is 39.1 Å². The van der Waals surface area contributed by atoms with Crippen molar-refractivity contribution in [2.24, 2.45) is 5.73 Å². The molecule has 1 aromatic carbocycles. The van der Waals surface area contributed by atoms with Gasteiger partial charge in [0.2, 0.25) is 0 Å². The van der Waals surface area contributed by atoms with Crippen molar-refractivity contribution in [2.45, 2.75) is 25.4 Å². The molecule has 1 aliphatic rings. The predicted molar refractivity (Wildman–Crippen MR) is 94.7 cm³/mol. The maximum atomic E-state index is 12.8. The van der Waals surface area contributed by atoms with Crippen molar-refractivity contribution in [2.75, 3.05) is 40.5 Å². The summed E-state index contributed by atoms with van der Waals surface area (Å²) in [6.07, 6.45) is 2.28. The number of methoxy groups -OCH3 is 2. The van der Waals surface area contributed by atoms with Gasteiger partial charge in [0.25, 0.3) is 11.6 Å². The second kappa shape index (κ2) is 9.35. The van der Waals surface area contributed by atoms with Crippen LogP contribution in [0.3, 0.4) is 0 Å². The summed E-state index contributed by atoms with van der Waals surface area (Å²) in [5.74, 6) is 0.0993. The van der Waals surface area contributed by atoms with Crippen LogP contribution in [0.2, 0.25) is 0 Å². The fourth-order valence-electron chi connectivity index (χ4n) is 2.92. The standard InChI is InChI=1S/C17H25N3O6/c1-24-15-10-13(14(20(22)23)11-16(15)25-2)17(21)19-7-4-12(5-8-19)26-9-3-6-18/h10-12H,3-9,18H2,1-2H3. The molecule has 144 valence electrons. The number of nitrogens with two attached hydrogens (primary N) is 1. The van der Waals surface area contributed by atoms with Crippen LogP contribution >= 0.6 is 0 Å². The summed E-state index contributed by atoms with van der Waals surface area (Å²) in [5, 5.41) is 11.4. The number of carbonyl (C=O) groups is 1. The molecule has 0 radical (unpaired) electrons. The van der Waals surface area contributed by atoms with Crippen molar-refractivity contribution in [1.82, 2.24) is 4.90 Å². The zero-order chi connectivity index (χ0) is 19.1. The van der Waals surface area contributed by atoms with Crippen LogP contribution in [0, 0.1) is 10.1 Å². The second-order valence-corrected chi connectivity index (χ2v) is 5.99. The molecule has 0 aromatic heterocycles. The van der Waals surface area contributed by atoms with Gasteiger partial charge in [0.05, 0.1) is 31.3 Å². The average Bonchev–Trinajstić information content (AvgIpc) is 2.67. The van der Waals surface area contributed by atoms with Gasteiger partial charge in [-0.2, -0.15) is 0 Å². The first-order valence-electron chi connectivity index (χ1n) is 8.53. The number of piperidine rings is 1. The van der Waals surface area contributed by atoms with E-state index in [1.807, 2.05) is 0 Å². The first-order chi connectivity index (χ1) is 12.5. The van der Waals surface area contributed by atoms with Gasteiger partial charge in [0.1, 0.15) is 5.56 Å². The van der Waals surface area contributed by atoms with E-state index in [0.717, 1.165) is 6.42 Å². The monoisotopic (exact) mass is 367 g/mol. The molecule has 9 nitrogen and oxygen atoms in total. The summed E-state index contributed by atoms with van der Waals surface area (Å²) in [5.41, 5.74) is 5.14. The van der Waals surface area contributed by atoms with Crippen molar-refractivity contribution in [3.05, 3.63) is 27.8 Å². The highest BCUT2D eigenvalue weighted by Gasteiger charge is 2.30. The molecular weight excluding hydrogens is 342 g/mol. The lowest BCUT2D eigenvalue weighted by molar-refractivity contribution is -0.385. The number of carbonyl (C=O) groups excluding carboxylic acids is 1. The molecule has 1 saturated heterocycles. The van der Waals surface area contributed by atoms with Crippen LogP contribution in [-0.2, 0) is 4.74 Å². The molecular formula is C17H25N3O6. The number of nitro benzene ring substituents is 1. The highest BCUT2D eigenvalue weighted by molar-refractivity contribution is 5.99. The SMILES string of the molecule is COc1cc(C(=O)N2CCC(OCCCN)CC2)c([N+](=O)[O-])cc1OC. The molecule has 0 unspecified atom stereocenters. The van der Waals surface area contributed by atoms with E-state index >= 15 is 0 Å². The Morgan fingerprint density at radius 1 is 1.27 bits per heavy atom. The number of likely N-dealkylation sites (tertiary alicyclic amines) is 1. The topological polar surface area (TPSA) is 117 Å².